The Morgan fingerprint density at radius 1 is 1.37 bits per heavy atom. The molecule has 2 nitrogen and oxygen atoms in total. The Balaban J connectivity index is 2.08. The molecule has 1 aliphatic carbocycles. The van der Waals surface area contributed by atoms with Gasteiger partial charge in [-0.2, -0.15) is 0 Å². The van der Waals surface area contributed by atoms with Gasteiger partial charge in [-0.15, -0.1) is 0 Å². The summed E-state index contributed by atoms with van der Waals surface area (Å²) < 4.78 is 5.50. The van der Waals surface area contributed by atoms with Gasteiger partial charge in [0.2, 0.25) is 0 Å². The second-order valence-electron chi connectivity index (χ2n) is 5.41. The van der Waals surface area contributed by atoms with Crippen molar-refractivity contribution in [3.63, 3.8) is 0 Å². The van der Waals surface area contributed by atoms with E-state index in [1.54, 1.807) is 7.11 Å². The summed E-state index contributed by atoms with van der Waals surface area (Å²) in [5.74, 6) is 1.02. The van der Waals surface area contributed by atoms with Crippen molar-refractivity contribution in [1.29, 1.82) is 0 Å². The average Bonchev–Trinajstić information content (AvgIpc) is 2.34. The lowest BCUT2D eigenvalue weighted by atomic mass is 9.91. The number of halogens is 1. The van der Waals surface area contributed by atoms with E-state index in [0.717, 1.165) is 23.7 Å². The number of nitrogens with zero attached hydrogens (tertiary/aromatic N) is 1. The maximum atomic E-state index is 5.50. The van der Waals surface area contributed by atoms with Crippen molar-refractivity contribution >= 4 is 15.9 Å². The number of rotatable bonds is 7. The van der Waals surface area contributed by atoms with E-state index in [0.29, 0.717) is 0 Å². The van der Waals surface area contributed by atoms with Crippen molar-refractivity contribution in [3.8, 4) is 5.75 Å². The summed E-state index contributed by atoms with van der Waals surface area (Å²) in [5.41, 5.74) is 2.63. The molecule has 0 radical (unpaired) electrons. The standard InChI is InChI=1S/C16H24BrNO/c1-13-7-8-16(19-2)14(11-13)12-18(10-4-9-17)15-5-3-6-15/h7-8,11,15H,3-6,9-10,12H2,1-2H3. The maximum Gasteiger partial charge on any atom is 0.123 e. The molecule has 3 heteroatoms. The molecule has 1 aromatic rings. The van der Waals surface area contributed by atoms with Crippen LogP contribution < -0.4 is 4.74 Å². The monoisotopic (exact) mass is 325 g/mol. The Bertz CT molecular complexity index is 404. The predicted molar refractivity (Wildman–Crippen MR) is 84.2 cm³/mol. The van der Waals surface area contributed by atoms with Crippen LogP contribution in [0.4, 0.5) is 0 Å². The average molecular weight is 326 g/mol. The Labute approximate surface area is 125 Å². The third kappa shape index (κ3) is 3.96. The van der Waals surface area contributed by atoms with E-state index in [9.17, 15) is 0 Å². The van der Waals surface area contributed by atoms with Crippen LogP contribution in [0.25, 0.3) is 0 Å². The molecule has 0 aromatic heterocycles. The number of hydrogen-bond acceptors (Lipinski definition) is 2. The molecule has 0 aliphatic heterocycles. The fourth-order valence-electron chi connectivity index (χ4n) is 2.66. The molecule has 0 amide bonds. The van der Waals surface area contributed by atoms with Gasteiger partial charge in [-0.05, 0) is 38.8 Å². The first-order valence-electron chi connectivity index (χ1n) is 7.18. The Kier molecular flexibility index (Phi) is 5.71. The highest BCUT2D eigenvalue weighted by Gasteiger charge is 2.25. The van der Waals surface area contributed by atoms with Gasteiger partial charge in [-0.1, -0.05) is 40.0 Å². The van der Waals surface area contributed by atoms with Gasteiger partial charge in [-0.25, -0.2) is 0 Å². The highest BCUT2D eigenvalue weighted by molar-refractivity contribution is 9.09. The second-order valence-corrected chi connectivity index (χ2v) is 6.21. The number of methoxy groups -OCH3 is 1. The van der Waals surface area contributed by atoms with E-state index in [4.69, 9.17) is 4.74 Å². The summed E-state index contributed by atoms with van der Waals surface area (Å²) in [5, 5.41) is 1.08. The van der Waals surface area contributed by atoms with E-state index in [2.05, 4.69) is 46.0 Å². The SMILES string of the molecule is COc1ccc(C)cc1CN(CCCBr)C1CCC1. The number of aryl methyl sites for hydroxylation is 1. The molecule has 0 spiro atoms. The molecule has 1 fully saturated rings. The quantitative estimate of drug-likeness (QED) is 0.698. The lowest BCUT2D eigenvalue weighted by molar-refractivity contribution is 0.119. The molecule has 106 valence electrons. The zero-order valence-corrected chi connectivity index (χ0v) is 13.6. The summed E-state index contributed by atoms with van der Waals surface area (Å²) in [6, 6.07) is 7.26. The molecule has 0 unspecified atom stereocenters. The number of alkyl halides is 1. The largest absolute Gasteiger partial charge is 0.496 e. The first-order valence-corrected chi connectivity index (χ1v) is 8.30. The maximum absolute atomic E-state index is 5.50. The van der Waals surface area contributed by atoms with Crippen LogP contribution in [-0.4, -0.2) is 29.9 Å². The molecule has 0 heterocycles. The second kappa shape index (κ2) is 7.30. The van der Waals surface area contributed by atoms with E-state index in [-0.39, 0.29) is 0 Å². The highest BCUT2D eigenvalue weighted by atomic mass is 79.9. The van der Waals surface area contributed by atoms with Crippen molar-refractivity contribution in [2.45, 2.75) is 45.2 Å². The van der Waals surface area contributed by atoms with E-state index < -0.39 is 0 Å². The third-order valence-corrected chi connectivity index (χ3v) is 4.54. The van der Waals surface area contributed by atoms with Gasteiger partial charge in [0.15, 0.2) is 0 Å². The van der Waals surface area contributed by atoms with Gasteiger partial charge in [0.05, 0.1) is 7.11 Å². The molecule has 0 atom stereocenters. The lowest BCUT2D eigenvalue weighted by Crippen LogP contribution is -2.40. The van der Waals surface area contributed by atoms with Crippen LogP contribution in [0.3, 0.4) is 0 Å². The van der Waals surface area contributed by atoms with E-state index in [1.165, 1.54) is 43.4 Å². The van der Waals surface area contributed by atoms with Gasteiger partial charge in [0.25, 0.3) is 0 Å². The molecule has 0 saturated heterocycles. The fourth-order valence-corrected chi connectivity index (χ4v) is 2.91. The number of hydrogen-bond donors (Lipinski definition) is 0. The Hall–Kier alpha value is -0.540. The van der Waals surface area contributed by atoms with Gasteiger partial charge in [0, 0.05) is 23.5 Å². The molecule has 1 aliphatic rings. The molecule has 1 aromatic carbocycles. The molecule has 19 heavy (non-hydrogen) atoms. The molecule has 1 saturated carbocycles. The predicted octanol–water partition coefficient (Wildman–Crippen LogP) is 4.14. The summed E-state index contributed by atoms with van der Waals surface area (Å²) in [7, 11) is 1.76. The van der Waals surface area contributed by atoms with Gasteiger partial charge in [0.1, 0.15) is 5.75 Å². The van der Waals surface area contributed by atoms with Crippen molar-refractivity contribution in [3.05, 3.63) is 29.3 Å². The third-order valence-electron chi connectivity index (χ3n) is 3.98. The van der Waals surface area contributed by atoms with Crippen LogP contribution in [0.15, 0.2) is 18.2 Å². The molecule has 0 N–H and O–H groups in total. The van der Waals surface area contributed by atoms with Gasteiger partial charge in [-0.3, -0.25) is 4.90 Å². The minimum absolute atomic E-state index is 0.782. The van der Waals surface area contributed by atoms with Crippen molar-refractivity contribution in [2.75, 3.05) is 19.0 Å². The minimum Gasteiger partial charge on any atom is -0.496 e. The Morgan fingerprint density at radius 3 is 2.74 bits per heavy atom. The van der Waals surface area contributed by atoms with E-state index >= 15 is 0 Å². The number of benzene rings is 1. The minimum atomic E-state index is 0.782. The number of ether oxygens (including phenoxy) is 1. The van der Waals surface area contributed by atoms with Crippen molar-refractivity contribution in [2.24, 2.45) is 0 Å². The topological polar surface area (TPSA) is 12.5 Å². The normalized spacial score (nSPS) is 15.6. The van der Waals surface area contributed by atoms with Crippen LogP contribution >= 0.6 is 15.9 Å². The molecule has 2 rings (SSSR count). The highest BCUT2D eigenvalue weighted by Crippen LogP contribution is 2.29. The smallest absolute Gasteiger partial charge is 0.123 e. The summed E-state index contributed by atoms with van der Waals surface area (Å²) in [6.07, 6.45) is 5.32. The van der Waals surface area contributed by atoms with Gasteiger partial charge >= 0.3 is 0 Å². The summed E-state index contributed by atoms with van der Waals surface area (Å²) in [6.45, 7) is 4.34. The van der Waals surface area contributed by atoms with Gasteiger partial charge < -0.3 is 4.74 Å². The molecule has 0 bridgehead atoms. The van der Waals surface area contributed by atoms with Crippen molar-refractivity contribution < 1.29 is 4.74 Å². The van der Waals surface area contributed by atoms with Crippen molar-refractivity contribution in [1.82, 2.24) is 4.90 Å². The van der Waals surface area contributed by atoms with Crippen LogP contribution in [-0.2, 0) is 6.54 Å². The fraction of sp³-hybridized carbons (Fsp3) is 0.625. The molecular formula is C16H24BrNO. The summed E-state index contributed by atoms with van der Waals surface area (Å²) in [4.78, 5) is 2.63. The summed E-state index contributed by atoms with van der Waals surface area (Å²) >= 11 is 3.54. The Morgan fingerprint density at radius 2 is 2.16 bits per heavy atom. The zero-order chi connectivity index (χ0) is 13.7. The molecular weight excluding hydrogens is 302 g/mol. The first-order chi connectivity index (χ1) is 9.24. The van der Waals surface area contributed by atoms with Crippen LogP contribution in [0.5, 0.6) is 5.75 Å². The first kappa shape index (κ1) is 14.9. The van der Waals surface area contributed by atoms with Crippen LogP contribution in [0, 0.1) is 6.92 Å². The van der Waals surface area contributed by atoms with Crippen LogP contribution in [0.2, 0.25) is 0 Å². The van der Waals surface area contributed by atoms with Crippen LogP contribution in [0.1, 0.15) is 36.8 Å². The zero-order valence-electron chi connectivity index (χ0n) is 12.0. The lowest BCUT2D eigenvalue weighted by Gasteiger charge is -2.38. The van der Waals surface area contributed by atoms with E-state index in [1.807, 2.05) is 0 Å².